The minimum absolute atomic E-state index is 0.0304. The molecule has 86 valence electrons. The van der Waals surface area contributed by atoms with Crippen molar-refractivity contribution < 1.29 is 4.39 Å². The number of halogens is 4. The van der Waals surface area contributed by atoms with Crippen molar-refractivity contribution in [2.45, 2.75) is 28.6 Å². The molecular formula is C10H8Cl2FIN2. The van der Waals surface area contributed by atoms with Crippen molar-refractivity contribution in [3.63, 3.8) is 0 Å². The third kappa shape index (κ3) is 1.73. The monoisotopic (exact) mass is 372 g/mol. The molecule has 2 unspecified atom stereocenters. The lowest BCUT2D eigenvalue weighted by molar-refractivity contribution is 0.586. The highest BCUT2D eigenvalue weighted by Crippen LogP contribution is 2.68. The van der Waals surface area contributed by atoms with Crippen molar-refractivity contribution in [3.8, 4) is 0 Å². The van der Waals surface area contributed by atoms with Crippen molar-refractivity contribution in [2.24, 2.45) is 5.92 Å². The first-order chi connectivity index (χ1) is 7.52. The van der Waals surface area contributed by atoms with Gasteiger partial charge in [0.2, 0.25) is 5.28 Å². The van der Waals surface area contributed by atoms with Crippen molar-refractivity contribution in [3.05, 3.63) is 21.9 Å². The van der Waals surface area contributed by atoms with Crippen LogP contribution in [-0.4, -0.2) is 13.4 Å². The standard InChI is InChI=1S/C10H8Cl2FIN2/c11-8-6(13)7(15-9(12)16-8)5-3-10(5,14)4-1-2-4/h4-5H,1-3H2. The molecule has 6 heteroatoms. The van der Waals surface area contributed by atoms with E-state index >= 15 is 0 Å². The summed E-state index contributed by atoms with van der Waals surface area (Å²) in [6.07, 6.45) is 3.46. The zero-order chi connectivity index (χ0) is 11.5. The van der Waals surface area contributed by atoms with Gasteiger partial charge in [-0.2, -0.15) is 0 Å². The smallest absolute Gasteiger partial charge is 0.219 e. The Morgan fingerprint density at radius 2 is 2.00 bits per heavy atom. The fourth-order valence-electron chi connectivity index (χ4n) is 2.23. The van der Waals surface area contributed by atoms with Crippen LogP contribution < -0.4 is 0 Å². The first kappa shape index (κ1) is 11.4. The molecule has 0 aromatic carbocycles. The van der Waals surface area contributed by atoms with Crippen LogP contribution in [0.4, 0.5) is 4.39 Å². The lowest BCUT2D eigenvalue weighted by atomic mass is 10.1. The Balaban J connectivity index is 1.96. The number of alkyl halides is 1. The van der Waals surface area contributed by atoms with Crippen molar-refractivity contribution in [2.75, 3.05) is 0 Å². The zero-order valence-electron chi connectivity index (χ0n) is 8.18. The van der Waals surface area contributed by atoms with Gasteiger partial charge in [0.25, 0.3) is 0 Å². The second kappa shape index (κ2) is 3.65. The third-order valence-electron chi connectivity index (χ3n) is 3.33. The van der Waals surface area contributed by atoms with Gasteiger partial charge < -0.3 is 0 Å². The maximum Gasteiger partial charge on any atom is 0.224 e. The van der Waals surface area contributed by atoms with E-state index in [1.54, 1.807) is 0 Å². The predicted molar refractivity (Wildman–Crippen MR) is 68.8 cm³/mol. The average Bonchev–Trinajstić information content (AvgIpc) is 3.04. The third-order valence-corrected chi connectivity index (χ3v) is 5.82. The molecule has 1 aromatic heterocycles. The van der Waals surface area contributed by atoms with Crippen molar-refractivity contribution in [1.29, 1.82) is 0 Å². The van der Waals surface area contributed by atoms with Crippen LogP contribution in [0.15, 0.2) is 0 Å². The normalized spacial score (nSPS) is 32.9. The molecule has 2 aliphatic rings. The number of rotatable bonds is 2. The molecule has 2 aliphatic carbocycles. The van der Waals surface area contributed by atoms with E-state index in [2.05, 4.69) is 32.6 Å². The molecule has 16 heavy (non-hydrogen) atoms. The maximum absolute atomic E-state index is 13.8. The summed E-state index contributed by atoms with van der Waals surface area (Å²) in [6.45, 7) is 0. The van der Waals surface area contributed by atoms with E-state index < -0.39 is 5.82 Å². The van der Waals surface area contributed by atoms with Crippen LogP contribution in [0.5, 0.6) is 0 Å². The molecule has 0 amide bonds. The molecular weight excluding hydrogens is 365 g/mol. The van der Waals surface area contributed by atoms with Gasteiger partial charge >= 0.3 is 0 Å². The molecule has 1 heterocycles. The van der Waals surface area contributed by atoms with Gasteiger partial charge in [-0.3, -0.25) is 0 Å². The summed E-state index contributed by atoms with van der Waals surface area (Å²) in [4.78, 5) is 7.59. The van der Waals surface area contributed by atoms with E-state index in [0.29, 0.717) is 11.6 Å². The van der Waals surface area contributed by atoms with Gasteiger partial charge in [0.15, 0.2) is 11.0 Å². The summed E-state index contributed by atoms with van der Waals surface area (Å²) in [7, 11) is 0. The molecule has 0 radical (unpaired) electrons. The summed E-state index contributed by atoms with van der Waals surface area (Å²) >= 11 is 13.8. The minimum Gasteiger partial charge on any atom is -0.219 e. The lowest BCUT2D eigenvalue weighted by Gasteiger charge is -2.08. The molecule has 2 atom stereocenters. The van der Waals surface area contributed by atoms with Gasteiger partial charge in [0.1, 0.15) is 0 Å². The largest absolute Gasteiger partial charge is 0.224 e. The number of aromatic nitrogens is 2. The Morgan fingerprint density at radius 1 is 1.31 bits per heavy atom. The molecule has 0 aliphatic heterocycles. The molecule has 1 aromatic rings. The Morgan fingerprint density at radius 3 is 2.62 bits per heavy atom. The van der Waals surface area contributed by atoms with Gasteiger partial charge in [0.05, 0.1) is 5.69 Å². The average molecular weight is 373 g/mol. The van der Waals surface area contributed by atoms with E-state index in [1.165, 1.54) is 12.8 Å². The van der Waals surface area contributed by atoms with E-state index in [1.807, 2.05) is 0 Å². The van der Waals surface area contributed by atoms with Crippen LogP contribution in [0.3, 0.4) is 0 Å². The summed E-state index contributed by atoms with van der Waals surface area (Å²) < 4.78 is 14.0. The summed E-state index contributed by atoms with van der Waals surface area (Å²) in [5.74, 6) is 0.360. The lowest BCUT2D eigenvalue weighted by Crippen LogP contribution is -2.07. The van der Waals surface area contributed by atoms with E-state index in [4.69, 9.17) is 23.2 Å². The number of nitrogens with zero attached hydrogens (tertiary/aromatic N) is 2. The second-order valence-electron chi connectivity index (χ2n) is 4.44. The molecule has 0 N–H and O–H groups in total. The van der Waals surface area contributed by atoms with Crippen LogP contribution in [0.25, 0.3) is 0 Å². The van der Waals surface area contributed by atoms with Crippen LogP contribution in [0, 0.1) is 11.7 Å². The maximum atomic E-state index is 13.8. The molecule has 0 spiro atoms. The highest BCUT2D eigenvalue weighted by molar-refractivity contribution is 14.1. The van der Waals surface area contributed by atoms with E-state index in [9.17, 15) is 4.39 Å². The van der Waals surface area contributed by atoms with Crippen LogP contribution in [0.1, 0.15) is 30.9 Å². The molecule has 2 fully saturated rings. The topological polar surface area (TPSA) is 25.8 Å². The number of hydrogen-bond donors (Lipinski definition) is 0. The molecule has 2 nitrogen and oxygen atoms in total. The van der Waals surface area contributed by atoms with Crippen LogP contribution >= 0.6 is 45.8 Å². The molecule has 0 saturated heterocycles. The Hall–Kier alpha value is 0.320. The zero-order valence-corrected chi connectivity index (χ0v) is 11.9. The minimum atomic E-state index is -0.504. The Kier molecular flexibility index (Phi) is 2.61. The highest BCUT2D eigenvalue weighted by Gasteiger charge is 2.62. The highest BCUT2D eigenvalue weighted by atomic mass is 127. The first-order valence-electron chi connectivity index (χ1n) is 5.09. The van der Waals surface area contributed by atoms with E-state index in [0.717, 1.165) is 6.42 Å². The Labute approximate surface area is 116 Å². The van der Waals surface area contributed by atoms with Gasteiger partial charge in [-0.05, 0) is 36.8 Å². The van der Waals surface area contributed by atoms with Crippen molar-refractivity contribution in [1.82, 2.24) is 9.97 Å². The summed E-state index contributed by atoms with van der Waals surface area (Å²) in [5.41, 5.74) is 0.395. The number of hydrogen-bond acceptors (Lipinski definition) is 2. The van der Waals surface area contributed by atoms with Gasteiger partial charge in [0, 0.05) is 9.34 Å². The first-order valence-corrected chi connectivity index (χ1v) is 6.93. The fraction of sp³-hybridized carbons (Fsp3) is 0.600. The molecule has 2 saturated carbocycles. The van der Waals surface area contributed by atoms with E-state index in [-0.39, 0.29) is 19.8 Å². The fourth-order valence-corrected chi connectivity index (χ4v) is 3.99. The predicted octanol–water partition coefficient (Wildman–Crippen LogP) is 3.99. The second-order valence-corrected chi connectivity index (χ2v) is 7.14. The Bertz CT molecular complexity index is 466. The molecule has 0 bridgehead atoms. The van der Waals surface area contributed by atoms with Gasteiger partial charge in [-0.25, -0.2) is 14.4 Å². The summed E-state index contributed by atoms with van der Waals surface area (Å²) in [5, 5.41) is -0.140. The van der Waals surface area contributed by atoms with Gasteiger partial charge in [-0.1, -0.05) is 34.2 Å². The van der Waals surface area contributed by atoms with Gasteiger partial charge in [-0.15, -0.1) is 0 Å². The SMILES string of the molecule is Fc1c(Cl)nc(Cl)nc1C1CC1(I)C1CC1. The van der Waals surface area contributed by atoms with Crippen LogP contribution in [0.2, 0.25) is 10.4 Å². The molecule has 3 rings (SSSR count). The quantitative estimate of drug-likeness (QED) is 0.339. The summed E-state index contributed by atoms with van der Waals surface area (Å²) in [6, 6.07) is 0. The van der Waals surface area contributed by atoms with Crippen LogP contribution in [-0.2, 0) is 0 Å². The van der Waals surface area contributed by atoms with Crippen molar-refractivity contribution >= 4 is 45.8 Å².